The van der Waals surface area contributed by atoms with Crippen LogP contribution in [0, 0.1) is 11.3 Å². The number of aromatic nitrogens is 2. The van der Waals surface area contributed by atoms with Crippen molar-refractivity contribution >= 4 is 11.6 Å². The first kappa shape index (κ1) is 12.1. The van der Waals surface area contributed by atoms with Gasteiger partial charge in [-0.25, -0.2) is 0 Å². The van der Waals surface area contributed by atoms with Gasteiger partial charge in [0, 0.05) is 23.1 Å². The smallest absolute Gasteiger partial charge is 0.295 e. The van der Waals surface area contributed by atoms with Crippen molar-refractivity contribution in [3.8, 4) is 11.8 Å². The van der Waals surface area contributed by atoms with Crippen LogP contribution in [0.25, 0.3) is 5.69 Å². The van der Waals surface area contributed by atoms with Gasteiger partial charge in [0.25, 0.3) is 0 Å². The summed E-state index contributed by atoms with van der Waals surface area (Å²) in [6.07, 6.45) is 2.85. The van der Waals surface area contributed by atoms with E-state index in [0.29, 0.717) is 10.7 Å². The number of hydrogen-bond donors (Lipinski definition) is 0. The summed E-state index contributed by atoms with van der Waals surface area (Å²) in [6, 6.07) is 8.35. The van der Waals surface area contributed by atoms with E-state index in [0.717, 1.165) is 4.57 Å². The minimum absolute atomic E-state index is 0.143. The van der Waals surface area contributed by atoms with Gasteiger partial charge in [0.1, 0.15) is 6.54 Å². The van der Waals surface area contributed by atoms with Gasteiger partial charge < -0.3 is 0 Å². The van der Waals surface area contributed by atoms with Gasteiger partial charge in [-0.1, -0.05) is 11.6 Å². The zero-order valence-electron chi connectivity index (χ0n) is 9.21. The standard InChI is InChI=1S/C12H8ClN3O2/c13-9-1-3-10(4-2-9)16-8-7-15(6-5-14)11(17)12(16)18/h1-4,7-8H,6H2. The number of nitriles is 1. The van der Waals surface area contributed by atoms with Crippen molar-refractivity contribution in [3.63, 3.8) is 0 Å². The lowest BCUT2D eigenvalue weighted by atomic mass is 10.3. The molecule has 0 aliphatic heterocycles. The lowest BCUT2D eigenvalue weighted by molar-refractivity contribution is 0.739. The second-order valence-electron chi connectivity index (χ2n) is 3.54. The average molecular weight is 262 g/mol. The van der Waals surface area contributed by atoms with Gasteiger partial charge in [0.15, 0.2) is 0 Å². The minimum Gasteiger partial charge on any atom is -0.295 e. The Hall–Kier alpha value is -2.32. The molecule has 0 aliphatic carbocycles. The van der Waals surface area contributed by atoms with Gasteiger partial charge >= 0.3 is 11.1 Å². The van der Waals surface area contributed by atoms with Crippen LogP contribution in [-0.4, -0.2) is 9.13 Å². The van der Waals surface area contributed by atoms with Crippen LogP contribution in [0.2, 0.25) is 5.02 Å². The summed E-state index contributed by atoms with van der Waals surface area (Å²) in [5, 5.41) is 9.06. The normalized spacial score (nSPS) is 10.0. The molecule has 0 bridgehead atoms. The zero-order chi connectivity index (χ0) is 13.1. The van der Waals surface area contributed by atoms with Crippen molar-refractivity contribution in [3.05, 3.63) is 62.4 Å². The maximum Gasteiger partial charge on any atom is 0.321 e. The Kier molecular flexibility index (Phi) is 3.31. The first-order chi connectivity index (χ1) is 8.63. The lowest BCUT2D eigenvalue weighted by Crippen LogP contribution is -2.39. The molecule has 90 valence electrons. The molecule has 0 N–H and O–H groups in total. The van der Waals surface area contributed by atoms with Crippen LogP contribution in [0.4, 0.5) is 0 Å². The van der Waals surface area contributed by atoms with Crippen LogP contribution in [0.3, 0.4) is 0 Å². The zero-order valence-corrected chi connectivity index (χ0v) is 9.96. The molecular weight excluding hydrogens is 254 g/mol. The molecule has 5 nitrogen and oxygen atoms in total. The number of nitrogens with zero attached hydrogens (tertiary/aromatic N) is 3. The van der Waals surface area contributed by atoms with E-state index in [2.05, 4.69) is 0 Å². The molecular formula is C12H8ClN3O2. The predicted molar refractivity (Wildman–Crippen MR) is 66.9 cm³/mol. The summed E-state index contributed by atoms with van der Waals surface area (Å²) in [5.41, 5.74) is -0.880. The molecule has 6 heteroatoms. The molecule has 2 aromatic rings. The third-order valence-corrected chi connectivity index (χ3v) is 2.66. The summed E-state index contributed by atoms with van der Waals surface area (Å²) >= 11 is 5.75. The van der Waals surface area contributed by atoms with Gasteiger partial charge in [-0.2, -0.15) is 5.26 Å². The Morgan fingerprint density at radius 2 is 1.78 bits per heavy atom. The van der Waals surface area contributed by atoms with E-state index in [-0.39, 0.29) is 6.54 Å². The number of benzene rings is 1. The maximum atomic E-state index is 11.8. The molecule has 1 aromatic carbocycles. The van der Waals surface area contributed by atoms with E-state index in [1.165, 1.54) is 17.0 Å². The summed E-state index contributed by atoms with van der Waals surface area (Å²) in [4.78, 5) is 23.5. The highest BCUT2D eigenvalue weighted by Gasteiger charge is 2.06. The van der Waals surface area contributed by atoms with Crippen molar-refractivity contribution < 1.29 is 0 Å². The van der Waals surface area contributed by atoms with E-state index in [1.54, 1.807) is 24.3 Å². The molecule has 1 heterocycles. The van der Waals surface area contributed by atoms with Crippen LogP contribution in [-0.2, 0) is 6.54 Å². The SMILES string of the molecule is N#CCn1ccn(-c2ccc(Cl)cc2)c(=O)c1=O. The molecule has 0 fully saturated rings. The van der Waals surface area contributed by atoms with Crippen molar-refractivity contribution in [2.75, 3.05) is 0 Å². The van der Waals surface area contributed by atoms with Crippen LogP contribution >= 0.6 is 11.6 Å². The lowest BCUT2D eigenvalue weighted by Gasteiger charge is -2.06. The summed E-state index contributed by atoms with van der Waals surface area (Å²) in [6.45, 7) is -0.143. The van der Waals surface area contributed by atoms with E-state index in [4.69, 9.17) is 16.9 Å². The fourth-order valence-corrected chi connectivity index (χ4v) is 1.64. The van der Waals surface area contributed by atoms with Crippen LogP contribution in [0.1, 0.15) is 0 Å². The van der Waals surface area contributed by atoms with Crippen molar-refractivity contribution in [2.24, 2.45) is 0 Å². The highest BCUT2D eigenvalue weighted by Crippen LogP contribution is 2.11. The molecule has 0 aliphatic rings. The van der Waals surface area contributed by atoms with E-state index in [1.807, 2.05) is 6.07 Å². The van der Waals surface area contributed by atoms with Crippen LogP contribution < -0.4 is 11.1 Å². The molecule has 0 unspecified atom stereocenters. The molecule has 0 saturated carbocycles. The molecule has 0 radical (unpaired) electrons. The fourth-order valence-electron chi connectivity index (χ4n) is 1.51. The van der Waals surface area contributed by atoms with Gasteiger partial charge in [-0.05, 0) is 24.3 Å². The van der Waals surface area contributed by atoms with Crippen molar-refractivity contribution in [1.82, 2.24) is 9.13 Å². The largest absolute Gasteiger partial charge is 0.321 e. The topological polar surface area (TPSA) is 67.8 Å². The average Bonchev–Trinajstić information content (AvgIpc) is 2.37. The van der Waals surface area contributed by atoms with E-state index >= 15 is 0 Å². The molecule has 18 heavy (non-hydrogen) atoms. The Morgan fingerprint density at radius 3 is 2.39 bits per heavy atom. The van der Waals surface area contributed by atoms with Crippen LogP contribution in [0.15, 0.2) is 46.2 Å². The summed E-state index contributed by atoms with van der Waals surface area (Å²) in [5.74, 6) is 0. The monoisotopic (exact) mass is 261 g/mol. The predicted octanol–water partition coefficient (Wildman–Crippen LogP) is 1.18. The highest BCUT2D eigenvalue weighted by molar-refractivity contribution is 6.30. The highest BCUT2D eigenvalue weighted by atomic mass is 35.5. The molecule has 0 atom stereocenters. The van der Waals surface area contributed by atoms with E-state index < -0.39 is 11.1 Å². The Labute approximate surface area is 107 Å². The van der Waals surface area contributed by atoms with Gasteiger partial charge in [-0.3, -0.25) is 18.7 Å². The van der Waals surface area contributed by atoms with E-state index in [9.17, 15) is 9.59 Å². The molecule has 0 spiro atoms. The summed E-state index contributed by atoms with van der Waals surface area (Å²) in [7, 11) is 0. The maximum absolute atomic E-state index is 11.8. The van der Waals surface area contributed by atoms with Gasteiger partial charge in [-0.15, -0.1) is 0 Å². The number of rotatable bonds is 2. The molecule has 0 saturated heterocycles. The second kappa shape index (κ2) is 4.90. The third kappa shape index (κ3) is 2.19. The Bertz CT molecular complexity index is 723. The molecule has 0 amide bonds. The molecule has 2 rings (SSSR count). The third-order valence-electron chi connectivity index (χ3n) is 2.40. The van der Waals surface area contributed by atoms with Crippen molar-refractivity contribution in [2.45, 2.75) is 6.54 Å². The minimum atomic E-state index is -0.728. The summed E-state index contributed by atoms with van der Waals surface area (Å²) < 4.78 is 2.28. The van der Waals surface area contributed by atoms with Gasteiger partial charge in [0.05, 0.1) is 6.07 Å². The molecule has 1 aromatic heterocycles. The number of hydrogen-bond acceptors (Lipinski definition) is 3. The van der Waals surface area contributed by atoms with Crippen molar-refractivity contribution in [1.29, 1.82) is 5.26 Å². The first-order valence-corrected chi connectivity index (χ1v) is 5.46. The van der Waals surface area contributed by atoms with Gasteiger partial charge in [0.2, 0.25) is 0 Å². The number of halogens is 1. The second-order valence-corrected chi connectivity index (χ2v) is 3.98. The Balaban J connectivity index is 2.58. The quantitative estimate of drug-likeness (QED) is 0.762. The Morgan fingerprint density at radius 1 is 1.11 bits per heavy atom. The first-order valence-electron chi connectivity index (χ1n) is 5.08. The fraction of sp³-hybridized carbons (Fsp3) is 0.0833. The van der Waals surface area contributed by atoms with Crippen LogP contribution in [0.5, 0.6) is 0 Å².